The van der Waals surface area contributed by atoms with Gasteiger partial charge in [-0.2, -0.15) is 0 Å². The topological polar surface area (TPSA) is 125 Å². The third kappa shape index (κ3) is 5.32. The number of hydrogen-bond acceptors (Lipinski definition) is 5. The molecular weight excluding hydrogens is 448 g/mol. The minimum absolute atomic E-state index is 0.0603. The molecule has 0 spiro atoms. The van der Waals surface area contributed by atoms with Crippen LogP contribution in [0.4, 0.5) is 4.79 Å². The summed E-state index contributed by atoms with van der Waals surface area (Å²) in [4.78, 5) is 37.2. The van der Waals surface area contributed by atoms with Crippen molar-refractivity contribution in [2.75, 3.05) is 19.8 Å². The van der Waals surface area contributed by atoms with Crippen LogP contribution in [0.15, 0.2) is 48.5 Å². The van der Waals surface area contributed by atoms with Gasteiger partial charge in [-0.15, -0.1) is 0 Å². The first kappa shape index (κ1) is 24.7. The SMILES string of the molecule is O=C(NCC1(C(=O)NC(CCO)C(=O)O)CCCCC1)OCC1c2ccccc2-c2ccccc21. The molecule has 1 atom stereocenters. The molecule has 1 fully saturated rings. The van der Waals surface area contributed by atoms with E-state index in [4.69, 9.17) is 9.84 Å². The number of aliphatic hydroxyl groups is 1. The lowest BCUT2D eigenvalue weighted by molar-refractivity contribution is -0.145. The first-order chi connectivity index (χ1) is 16.9. The molecule has 1 unspecified atom stereocenters. The summed E-state index contributed by atoms with van der Waals surface area (Å²) in [5.41, 5.74) is 3.63. The summed E-state index contributed by atoms with van der Waals surface area (Å²) < 4.78 is 5.60. The number of carbonyl (C=O) groups is 3. The van der Waals surface area contributed by atoms with Gasteiger partial charge in [0.1, 0.15) is 12.6 Å². The van der Waals surface area contributed by atoms with Crippen LogP contribution in [0.3, 0.4) is 0 Å². The lowest BCUT2D eigenvalue weighted by Crippen LogP contribution is -2.53. The van der Waals surface area contributed by atoms with Gasteiger partial charge >= 0.3 is 12.1 Å². The molecule has 8 heteroatoms. The lowest BCUT2D eigenvalue weighted by atomic mass is 9.73. The number of carbonyl (C=O) groups excluding carboxylic acids is 2. The van der Waals surface area contributed by atoms with E-state index in [1.54, 1.807) is 0 Å². The number of ether oxygens (including phenoxy) is 1. The van der Waals surface area contributed by atoms with Gasteiger partial charge in [0, 0.05) is 25.5 Å². The van der Waals surface area contributed by atoms with Crippen LogP contribution in [0.25, 0.3) is 11.1 Å². The van der Waals surface area contributed by atoms with Gasteiger partial charge < -0.3 is 25.6 Å². The number of alkyl carbamates (subject to hydrolysis) is 1. The van der Waals surface area contributed by atoms with Crippen molar-refractivity contribution in [1.82, 2.24) is 10.6 Å². The number of rotatable bonds is 9. The van der Waals surface area contributed by atoms with Gasteiger partial charge in [-0.3, -0.25) is 4.79 Å². The third-order valence-electron chi connectivity index (χ3n) is 7.23. The average Bonchev–Trinajstić information content (AvgIpc) is 3.20. The predicted molar refractivity (Wildman–Crippen MR) is 130 cm³/mol. The molecule has 4 N–H and O–H groups in total. The van der Waals surface area contributed by atoms with Gasteiger partial charge in [0.15, 0.2) is 0 Å². The summed E-state index contributed by atoms with van der Waals surface area (Å²) >= 11 is 0. The van der Waals surface area contributed by atoms with Crippen LogP contribution >= 0.6 is 0 Å². The number of carboxylic acids is 1. The van der Waals surface area contributed by atoms with Crippen molar-refractivity contribution in [1.29, 1.82) is 0 Å². The second kappa shape index (κ2) is 10.9. The van der Waals surface area contributed by atoms with Crippen LogP contribution in [0.5, 0.6) is 0 Å². The highest BCUT2D eigenvalue weighted by Crippen LogP contribution is 2.44. The van der Waals surface area contributed by atoms with Gasteiger partial charge in [0.25, 0.3) is 0 Å². The molecule has 1 saturated carbocycles. The second-order valence-electron chi connectivity index (χ2n) is 9.40. The van der Waals surface area contributed by atoms with E-state index in [1.807, 2.05) is 36.4 Å². The molecule has 2 aromatic carbocycles. The monoisotopic (exact) mass is 480 g/mol. The Labute approximate surface area is 204 Å². The molecule has 0 heterocycles. The van der Waals surface area contributed by atoms with Crippen LogP contribution in [0.1, 0.15) is 55.6 Å². The number of amides is 2. The smallest absolute Gasteiger partial charge is 0.407 e. The summed E-state index contributed by atoms with van der Waals surface area (Å²) in [5.74, 6) is -1.66. The minimum Gasteiger partial charge on any atom is -0.480 e. The Balaban J connectivity index is 1.39. The molecular formula is C27H32N2O6. The predicted octanol–water partition coefficient (Wildman–Crippen LogP) is 3.43. The van der Waals surface area contributed by atoms with Crippen molar-refractivity contribution in [2.24, 2.45) is 5.41 Å². The van der Waals surface area contributed by atoms with Crippen LogP contribution < -0.4 is 10.6 Å². The Morgan fingerprint density at radius 2 is 1.57 bits per heavy atom. The Kier molecular flexibility index (Phi) is 7.70. The molecule has 0 saturated heterocycles. The molecule has 0 bridgehead atoms. The number of aliphatic hydroxyl groups excluding tert-OH is 1. The van der Waals surface area contributed by atoms with Crippen LogP contribution in [0.2, 0.25) is 0 Å². The van der Waals surface area contributed by atoms with Crippen molar-refractivity contribution in [2.45, 2.75) is 50.5 Å². The Bertz CT molecular complexity index is 1030. The van der Waals surface area contributed by atoms with E-state index in [-0.39, 0.29) is 32.1 Å². The molecule has 2 aliphatic carbocycles. The zero-order valence-corrected chi connectivity index (χ0v) is 19.7. The molecule has 2 aliphatic rings. The van der Waals surface area contributed by atoms with Crippen LogP contribution in [0, 0.1) is 5.41 Å². The maximum absolute atomic E-state index is 13.1. The van der Waals surface area contributed by atoms with E-state index in [1.165, 1.54) is 0 Å². The van der Waals surface area contributed by atoms with E-state index < -0.39 is 29.4 Å². The highest BCUT2D eigenvalue weighted by molar-refractivity contribution is 5.88. The number of benzene rings is 2. The number of carboxylic acid groups (broad SMARTS) is 1. The number of nitrogens with one attached hydrogen (secondary N) is 2. The second-order valence-corrected chi connectivity index (χ2v) is 9.40. The molecule has 0 aromatic heterocycles. The van der Waals surface area contributed by atoms with Crippen molar-refractivity contribution < 1.29 is 29.3 Å². The van der Waals surface area contributed by atoms with E-state index in [0.29, 0.717) is 12.8 Å². The van der Waals surface area contributed by atoms with Crippen molar-refractivity contribution in [3.63, 3.8) is 0 Å². The van der Waals surface area contributed by atoms with Gasteiger partial charge in [-0.05, 0) is 35.1 Å². The maximum Gasteiger partial charge on any atom is 0.407 e. The first-order valence-corrected chi connectivity index (χ1v) is 12.2. The van der Waals surface area contributed by atoms with Crippen molar-refractivity contribution >= 4 is 18.0 Å². The van der Waals surface area contributed by atoms with Crippen molar-refractivity contribution in [3.8, 4) is 11.1 Å². The van der Waals surface area contributed by atoms with Crippen LogP contribution in [-0.4, -0.2) is 54.0 Å². The molecule has 2 amide bonds. The first-order valence-electron chi connectivity index (χ1n) is 12.2. The quantitative estimate of drug-likeness (QED) is 0.436. The molecule has 35 heavy (non-hydrogen) atoms. The Hall–Kier alpha value is -3.39. The zero-order valence-electron chi connectivity index (χ0n) is 19.7. The van der Waals surface area contributed by atoms with E-state index in [2.05, 4.69) is 22.8 Å². The van der Waals surface area contributed by atoms with Gasteiger partial charge in [0.2, 0.25) is 5.91 Å². The lowest BCUT2D eigenvalue weighted by Gasteiger charge is -2.36. The number of fused-ring (bicyclic) bond motifs is 3. The number of aliphatic carboxylic acids is 1. The van der Waals surface area contributed by atoms with Gasteiger partial charge in [0.05, 0.1) is 5.41 Å². The Morgan fingerprint density at radius 1 is 0.971 bits per heavy atom. The standard InChI is InChI=1S/C27H32N2O6/c30-15-12-23(24(31)32)29-25(33)27(13-6-1-7-14-27)17-28-26(34)35-16-22-20-10-4-2-8-18(20)19-9-3-5-11-21(19)22/h2-5,8-11,22-23,30H,1,6-7,12-17H2,(H,28,34)(H,29,33)(H,31,32). The van der Waals surface area contributed by atoms with Crippen molar-refractivity contribution in [3.05, 3.63) is 59.7 Å². The third-order valence-corrected chi connectivity index (χ3v) is 7.23. The fraction of sp³-hybridized carbons (Fsp3) is 0.444. The van der Waals surface area contributed by atoms with E-state index in [9.17, 15) is 19.5 Å². The molecule has 4 rings (SSSR count). The minimum atomic E-state index is -1.19. The van der Waals surface area contributed by atoms with E-state index in [0.717, 1.165) is 41.5 Å². The molecule has 8 nitrogen and oxygen atoms in total. The molecule has 186 valence electrons. The summed E-state index contributed by atoms with van der Waals surface area (Å²) in [6.07, 6.45) is 3.04. The molecule has 0 radical (unpaired) electrons. The fourth-order valence-electron chi connectivity index (χ4n) is 5.30. The molecule has 0 aliphatic heterocycles. The Morgan fingerprint density at radius 3 is 2.14 bits per heavy atom. The maximum atomic E-state index is 13.1. The normalized spacial score (nSPS) is 17.1. The zero-order chi connectivity index (χ0) is 24.8. The summed E-state index contributed by atoms with van der Waals surface area (Å²) in [6.45, 7) is -0.0974. The van der Waals surface area contributed by atoms with E-state index >= 15 is 0 Å². The van der Waals surface area contributed by atoms with Crippen LogP contribution in [-0.2, 0) is 14.3 Å². The largest absolute Gasteiger partial charge is 0.480 e. The van der Waals surface area contributed by atoms with Gasteiger partial charge in [-0.25, -0.2) is 9.59 Å². The number of hydrogen-bond donors (Lipinski definition) is 4. The summed E-state index contributed by atoms with van der Waals surface area (Å²) in [6, 6.07) is 15.0. The average molecular weight is 481 g/mol. The molecule has 2 aromatic rings. The summed E-state index contributed by atoms with van der Waals surface area (Å²) in [5, 5.41) is 23.8. The van der Waals surface area contributed by atoms with Gasteiger partial charge in [-0.1, -0.05) is 67.8 Å². The summed E-state index contributed by atoms with van der Waals surface area (Å²) in [7, 11) is 0. The highest BCUT2D eigenvalue weighted by atomic mass is 16.5. The highest BCUT2D eigenvalue weighted by Gasteiger charge is 2.41. The fourth-order valence-corrected chi connectivity index (χ4v) is 5.30.